The van der Waals surface area contributed by atoms with Crippen molar-refractivity contribution in [2.75, 3.05) is 0 Å². The molecule has 0 aromatic heterocycles. The average molecular weight is 341 g/mol. The lowest BCUT2D eigenvalue weighted by molar-refractivity contribution is 0.0649. The number of hydrogen-bond donors (Lipinski definition) is 1. The van der Waals surface area contributed by atoms with Gasteiger partial charge in [-0.3, -0.25) is 0 Å². The van der Waals surface area contributed by atoms with Crippen LogP contribution >= 0.6 is 15.9 Å². The van der Waals surface area contributed by atoms with Crippen molar-refractivity contribution in [3.05, 3.63) is 63.6 Å². The van der Waals surface area contributed by atoms with Crippen LogP contribution in [0.1, 0.15) is 29.8 Å². The molecule has 0 amide bonds. The summed E-state index contributed by atoms with van der Waals surface area (Å²) in [6.07, 6.45) is -0.996. The standard InChI is InChI=1S/C15H11BrF2O2/c16-12-4-2-8(17)5-11(12)15-7-13(19)10-3-1-9(18)6-14(10)20-15/h1-6,13,15,19H,7H2/t13-,15?/m0/s1. The molecule has 1 heterocycles. The molecule has 20 heavy (non-hydrogen) atoms. The van der Waals surface area contributed by atoms with Crippen molar-refractivity contribution < 1.29 is 18.6 Å². The molecule has 104 valence electrons. The van der Waals surface area contributed by atoms with Crippen LogP contribution in [0.4, 0.5) is 8.78 Å². The van der Waals surface area contributed by atoms with E-state index >= 15 is 0 Å². The van der Waals surface area contributed by atoms with E-state index in [0.717, 1.165) is 0 Å². The Hall–Kier alpha value is -1.46. The maximum Gasteiger partial charge on any atom is 0.128 e. The molecule has 0 saturated heterocycles. The monoisotopic (exact) mass is 340 g/mol. The van der Waals surface area contributed by atoms with Gasteiger partial charge in [-0.15, -0.1) is 0 Å². The van der Waals surface area contributed by atoms with Crippen LogP contribution in [0.25, 0.3) is 0 Å². The minimum Gasteiger partial charge on any atom is -0.485 e. The molecule has 0 spiro atoms. The topological polar surface area (TPSA) is 29.5 Å². The zero-order valence-electron chi connectivity index (χ0n) is 10.3. The van der Waals surface area contributed by atoms with Crippen molar-refractivity contribution in [1.82, 2.24) is 0 Å². The number of aliphatic hydroxyl groups is 1. The molecule has 0 radical (unpaired) electrons. The Morgan fingerprint density at radius 3 is 2.55 bits per heavy atom. The van der Waals surface area contributed by atoms with Crippen molar-refractivity contribution in [3.8, 4) is 5.75 Å². The second kappa shape index (κ2) is 5.14. The summed E-state index contributed by atoms with van der Waals surface area (Å²) in [5.74, 6) is -0.522. The zero-order chi connectivity index (χ0) is 14.3. The molecule has 3 rings (SSSR count). The molecule has 1 unspecified atom stereocenters. The van der Waals surface area contributed by atoms with Crippen LogP contribution in [0, 0.1) is 11.6 Å². The number of benzene rings is 2. The van der Waals surface area contributed by atoms with Crippen LogP contribution in [0.15, 0.2) is 40.9 Å². The molecule has 0 aliphatic carbocycles. The van der Waals surface area contributed by atoms with Gasteiger partial charge in [-0.1, -0.05) is 15.9 Å². The van der Waals surface area contributed by atoms with Crippen LogP contribution in [-0.2, 0) is 0 Å². The van der Waals surface area contributed by atoms with Gasteiger partial charge in [0.1, 0.15) is 23.5 Å². The highest BCUT2D eigenvalue weighted by molar-refractivity contribution is 9.10. The molecule has 2 atom stereocenters. The molecule has 1 aliphatic rings. The number of rotatable bonds is 1. The van der Waals surface area contributed by atoms with Gasteiger partial charge >= 0.3 is 0 Å². The second-order valence-electron chi connectivity index (χ2n) is 4.71. The Morgan fingerprint density at radius 1 is 1.05 bits per heavy atom. The van der Waals surface area contributed by atoms with Crippen molar-refractivity contribution in [2.45, 2.75) is 18.6 Å². The fourth-order valence-corrected chi connectivity index (χ4v) is 2.87. The molecule has 0 saturated carbocycles. The molecule has 0 fully saturated rings. The van der Waals surface area contributed by atoms with Gasteiger partial charge in [0, 0.05) is 28.1 Å². The van der Waals surface area contributed by atoms with Gasteiger partial charge in [-0.25, -0.2) is 8.78 Å². The number of aliphatic hydroxyl groups excluding tert-OH is 1. The highest BCUT2D eigenvalue weighted by atomic mass is 79.9. The summed E-state index contributed by atoms with van der Waals surface area (Å²) in [7, 11) is 0. The SMILES string of the molecule is O[C@H]1CC(c2cc(F)ccc2Br)Oc2cc(F)ccc21. The third-order valence-electron chi connectivity index (χ3n) is 3.35. The van der Waals surface area contributed by atoms with Crippen LogP contribution in [0.5, 0.6) is 5.75 Å². The predicted molar refractivity (Wildman–Crippen MR) is 73.4 cm³/mol. The lowest BCUT2D eigenvalue weighted by Gasteiger charge is -2.30. The Labute approximate surface area is 123 Å². The Bertz CT molecular complexity index is 660. The van der Waals surface area contributed by atoms with Crippen LogP contribution in [0.3, 0.4) is 0 Å². The predicted octanol–water partition coefficient (Wildman–Crippen LogP) is 4.28. The van der Waals surface area contributed by atoms with Crippen LogP contribution in [-0.4, -0.2) is 5.11 Å². The van der Waals surface area contributed by atoms with Gasteiger partial charge in [0.15, 0.2) is 0 Å². The number of hydrogen-bond acceptors (Lipinski definition) is 2. The number of ether oxygens (including phenoxy) is 1. The zero-order valence-corrected chi connectivity index (χ0v) is 11.9. The summed E-state index contributed by atoms with van der Waals surface area (Å²) >= 11 is 3.34. The Balaban J connectivity index is 2.00. The first-order valence-electron chi connectivity index (χ1n) is 6.13. The van der Waals surface area contributed by atoms with Gasteiger partial charge in [0.25, 0.3) is 0 Å². The summed E-state index contributed by atoms with van der Waals surface area (Å²) in [4.78, 5) is 0. The summed E-state index contributed by atoms with van der Waals surface area (Å²) in [6, 6.07) is 8.29. The van der Waals surface area contributed by atoms with E-state index in [1.807, 2.05) is 0 Å². The van der Waals surface area contributed by atoms with Crippen LogP contribution < -0.4 is 4.74 Å². The third kappa shape index (κ3) is 2.43. The van der Waals surface area contributed by atoms with E-state index < -0.39 is 18.0 Å². The molecule has 1 aliphatic heterocycles. The van der Waals surface area contributed by atoms with E-state index in [4.69, 9.17) is 4.74 Å². The van der Waals surface area contributed by atoms with Gasteiger partial charge < -0.3 is 9.84 Å². The molecule has 2 aromatic carbocycles. The van der Waals surface area contributed by atoms with E-state index in [2.05, 4.69) is 15.9 Å². The maximum atomic E-state index is 13.4. The number of halogens is 3. The van der Waals surface area contributed by atoms with Crippen molar-refractivity contribution in [2.24, 2.45) is 0 Å². The van der Waals surface area contributed by atoms with Gasteiger partial charge in [0.05, 0.1) is 6.10 Å². The first kappa shape index (κ1) is 13.5. The quantitative estimate of drug-likeness (QED) is 0.839. The van der Waals surface area contributed by atoms with Gasteiger partial charge in [-0.05, 0) is 30.3 Å². The smallest absolute Gasteiger partial charge is 0.128 e. The molecule has 0 bridgehead atoms. The van der Waals surface area contributed by atoms with E-state index in [1.165, 1.54) is 30.3 Å². The van der Waals surface area contributed by atoms with E-state index in [0.29, 0.717) is 27.8 Å². The molecular formula is C15H11BrF2O2. The highest BCUT2D eigenvalue weighted by Crippen LogP contribution is 2.42. The van der Waals surface area contributed by atoms with Crippen molar-refractivity contribution in [3.63, 3.8) is 0 Å². The van der Waals surface area contributed by atoms with Gasteiger partial charge in [0.2, 0.25) is 0 Å². The number of fused-ring (bicyclic) bond motifs is 1. The maximum absolute atomic E-state index is 13.4. The average Bonchev–Trinajstić information content (AvgIpc) is 2.41. The summed E-state index contributed by atoms with van der Waals surface area (Å²) in [5, 5.41) is 10.1. The molecular weight excluding hydrogens is 330 g/mol. The van der Waals surface area contributed by atoms with E-state index in [9.17, 15) is 13.9 Å². The Kier molecular flexibility index (Phi) is 3.48. The molecule has 1 N–H and O–H groups in total. The highest BCUT2D eigenvalue weighted by Gasteiger charge is 2.29. The molecule has 2 aromatic rings. The minimum atomic E-state index is -0.764. The van der Waals surface area contributed by atoms with Gasteiger partial charge in [-0.2, -0.15) is 0 Å². The van der Waals surface area contributed by atoms with E-state index in [-0.39, 0.29) is 5.82 Å². The first-order valence-corrected chi connectivity index (χ1v) is 6.93. The van der Waals surface area contributed by atoms with E-state index in [1.54, 1.807) is 6.07 Å². The largest absolute Gasteiger partial charge is 0.485 e. The normalized spacial score (nSPS) is 21.2. The fraction of sp³-hybridized carbons (Fsp3) is 0.200. The van der Waals surface area contributed by atoms with Crippen LogP contribution in [0.2, 0.25) is 0 Å². The Morgan fingerprint density at radius 2 is 1.75 bits per heavy atom. The summed E-state index contributed by atoms with van der Waals surface area (Å²) in [5.41, 5.74) is 1.15. The summed E-state index contributed by atoms with van der Waals surface area (Å²) < 4.78 is 33.0. The summed E-state index contributed by atoms with van der Waals surface area (Å²) in [6.45, 7) is 0. The fourth-order valence-electron chi connectivity index (χ4n) is 2.37. The molecule has 5 heteroatoms. The molecule has 2 nitrogen and oxygen atoms in total. The third-order valence-corrected chi connectivity index (χ3v) is 4.07. The lowest BCUT2D eigenvalue weighted by atomic mass is 9.95. The minimum absolute atomic E-state index is 0.292. The van der Waals surface area contributed by atoms with Crippen molar-refractivity contribution in [1.29, 1.82) is 0 Å². The first-order chi connectivity index (χ1) is 9.54. The van der Waals surface area contributed by atoms with Crippen molar-refractivity contribution >= 4 is 15.9 Å². The lowest BCUT2D eigenvalue weighted by Crippen LogP contribution is -2.19. The second-order valence-corrected chi connectivity index (χ2v) is 5.56.